The van der Waals surface area contributed by atoms with E-state index >= 15 is 0 Å². The molecule has 116 valence electrons. The Bertz CT molecular complexity index is 502. The van der Waals surface area contributed by atoms with Gasteiger partial charge in [-0.1, -0.05) is 0 Å². The molecule has 0 bridgehead atoms. The number of ether oxygens (including phenoxy) is 1. The lowest BCUT2D eigenvalue weighted by atomic mass is 10.1. The summed E-state index contributed by atoms with van der Waals surface area (Å²) in [6.07, 6.45) is 3.38. The van der Waals surface area contributed by atoms with Gasteiger partial charge in [-0.05, 0) is 19.8 Å². The second kappa shape index (κ2) is 6.53. The van der Waals surface area contributed by atoms with Crippen molar-refractivity contribution in [1.82, 2.24) is 25.0 Å². The van der Waals surface area contributed by atoms with Crippen molar-refractivity contribution in [3.63, 3.8) is 0 Å². The first-order valence-corrected chi connectivity index (χ1v) is 7.82. The monoisotopic (exact) mass is 293 g/mol. The summed E-state index contributed by atoms with van der Waals surface area (Å²) in [5.74, 6) is 1.91. The molecule has 1 aromatic rings. The van der Waals surface area contributed by atoms with Crippen molar-refractivity contribution in [3.05, 3.63) is 11.6 Å². The average molecular weight is 293 g/mol. The summed E-state index contributed by atoms with van der Waals surface area (Å²) >= 11 is 0. The van der Waals surface area contributed by atoms with E-state index in [2.05, 4.69) is 25.0 Å². The molecule has 3 heterocycles. The molecule has 0 spiro atoms. The number of rotatable bonds is 4. The number of aromatic nitrogens is 3. The molecule has 1 saturated heterocycles. The number of hydrogen-bond acceptors (Lipinski definition) is 6. The second-order valence-electron chi connectivity index (χ2n) is 5.58. The van der Waals surface area contributed by atoms with Gasteiger partial charge in [-0.3, -0.25) is 9.69 Å². The van der Waals surface area contributed by atoms with Crippen LogP contribution in [0, 0.1) is 0 Å². The summed E-state index contributed by atoms with van der Waals surface area (Å²) in [7, 11) is 0. The number of esters is 1. The first-order chi connectivity index (χ1) is 10.3. The molecule has 2 aliphatic rings. The minimum atomic E-state index is -0.227. The first-order valence-electron chi connectivity index (χ1n) is 7.82. The van der Waals surface area contributed by atoms with E-state index in [1.807, 2.05) is 6.92 Å². The topological polar surface area (TPSA) is 72.3 Å². The van der Waals surface area contributed by atoms with Crippen molar-refractivity contribution < 1.29 is 9.53 Å². The standard InChI is InChI=1S/C14H23N5O2/c1-2-21-14(20)11-9-15-6-8-18(11)10-13-17-16-12-5-3-4-7-19(12)13/h11,15H,2-10H2,1H3. The lowest BCUT2D eigenvalue weighted by Gasteiger charge is -2.34. The number of carbonyl (C=O) groups is 1. The van der Waals surface area contributed by atoms with Gasteiger partial charge in [0.15, 0.2) is 0 Å². The van der Waals surface area contributed by atoms with Crippen molar-refractivity contribution in [1.29, 1.82) is 0 Å². The molecule has 0 aromatic carbocycles. The Morgan fingerprint density at radius 3 is 3.14 bits per heavy atom. The molecule has 1 unspecified atom stereocenters. The normalized spacial score (nSPS) is 22.8. The van der Waals surface area contributed by atoms with Crippen LogP contribution in [0.3, 0.4) is 0 Å². The van der Waals surface area contributed by atoms with Gasteiger partial charge >= 0.3 is 5.97 Å². The largest absolute Gasteiger partial charge is 0.465 e. The Balaban J connectivity index is 1.72. The van der Waals surface area contributed by atoms with Crippen LogP contribution in [-0.4, -0.2) is 57.9 Å². The Morgan fingerprint density at radius 2 is 2.29 bits per heavy atom. The molecule has 0 aliphatic carbocycles. The zero-order valence-corrected chi connectivity index (χ0v) is 12.5. The molecular weight excluding hydrogens is 270 g/mol. The number of piperazine rings is 1. The summed E-state index contributed by atoms with van der Waals surface area (Å²) in [5, 5.41) is 11.9. The molecule has 7 nitrogen and oxygen atoms in total. The Hall–Kier alpha value is -1.47. The predicted octanol–water partition coefficient (Wildman–Crippen LogP) is -0.0487. The van der Waals surface area contributed by atoms with Crippen LogP contribution in [0.5, 0.6) is 0 Å². The third kappa shape index (κ3) is 3.08. The molecule has 1 fully saturated rings. The van der Waals surface area contributed by atoms with Gasteiger partial charge in [0.2, 0.25) is 0 Å². The third-order valence-corrected chi connectivity index (χ3v) is 4.19. The van der Waals surface area contributed by atoms with E-state index in [0.29, 0.717) is 19.7 Å². The minimum absolute atomic E-state index is 0.150. The summed E-state index contributed by atoms with van der Waals surface area (Å²) in [5.41, 5.74) is 0. The number of hydrogen-bond donors (Lipinski definition) is 1. The number of fused-ring (bicyclic) bond motifs is 1. The first kappa shape index (κ1) is 14.5. The van der Waals surface area contributed by atoms with E-state index in [9.17, 15) is 4.79 Å². The fraction of sp³-hybridized carbons (Fsp3) is 0.786. The Morgan fingerprint density at radius 1 is 1.38 bits per heavy atom. The summed E-state index contributed by atoms with van der Waals surface area (Å²) in [4.78, 5) is 14.2. The highest BCUT2D eigenvalue weighted by atomic mass is 16.5. The van der Waals surface area contributed by atoms with Gasteiger partial charge in [-0.2, -0.15) is 0 Å². The van der Waals surface area contributed by atoms with Crippen LogP contribution in [-0.2, 0) is 29.0 Å². The minimum Gasteiger partial charge on any atom is -0.465 e. The van der Waals surface area contributed by atoms with E-state index in [0.717, 1.165) is 37.7 Å². The van der Waals surface area contributed by atoms with Crippen molar-refractivity contribution in [3.8, 4) is 0 Å². The van der Waals surface area contributed by atoms with Gasteiger partial charge in [0.1, 0.15) is 17.7 Å². The highest BCUT2D eigenvalue weighted by Gasteiger charge is 2.31. The zero-order chi connectivity index (χ0) is 14.7. The zero-order valence-electron chi connectivity index (χ0n) is 12.5. The number of nitrogens with zero attached hydrogens (tertiary/aromatic N) is 4. The average Bonchev–Trinajstić information content (AvgIpc) is 2.91. The molecule has 7 heteroatoms. The van der Waals surface area contributed by atoms with Gasteiger partial charge < -0.3 is 14.6 Å². The molecule has 0 amide bonds. The maximum Gasteiger partial charge on any atom is 0.324 e. The summed E-state index contributed by atoms with van der Waals surface area (Å²) in [6, 6.07) is -0.227. The third-order valence-electron chi connectivity index (χ3n) is 4.19. The quantitative estimate of drug-likeness (QED) is 0.785. The molecule has 0 radical (unpaired) electrons. The Labute approximate surface area is 124 Å². The molecule has 3 rings (SSSR count). The lowest BCUT2D eigenvalue weighted by Crippen LogP contribution is -2.55. The van der Waals surface area contributed by atoms with Gasteiger partial charge in [-0.25, -0.2) is 0 Å². The van der Waals surface area contributed by atoms with E-state index < -0.39 is 0 Å². The van der Waals surface area contributed by atoms with Gasteiger partial charge in [0.05, 0.1) is 13.2 Å². The highest BCUT2D eigenvalue weighted by molar-refractivity contribution is 5.76. The SMILES string of the molecule is CCOC(=O)C1CNCCN1Cc1nnc2n1CCCC2. The van der Waals surface area contributed by atoms with Crippen LogP contribution in [0.1, 0.15) is 31.4 Å². The van der Waals surface area contributed by atoms with Gasteiger partial charge in [-0.15, -0.1) is 10.2 Å². The molecule has 1 aromatic heterocycles. The fourth-order valence-corrected chi connectivity index (χ4v) is 3.07. The van der Waals surface area contributed by atoms with E-state index in [1.54, 1.807) is 0 Å². The van der Waals surface area contributed by atoms with Crippen LogP contribution < -0.4 is 5.32 Å². The smallest absolute Gasteiger partial charge is 0.324 e. The maximum absolute atomic E-state index is 12.1. The van der Waals surface area contributed by atoms with E-state index in [1.165, 1.54) is 12.8 Å². The van der Waals surface area contributed by atoms with Crippen molar-refractivity contribution in [2.75, 3.05) is 26.2 Å². The number of nitrogens with one attached hydrogen (secondary N) is 1. The molecule has 1 N–H and O–H groups in total. The van der Waals surface area contributed by atoms with Crippen molar-refractivity contribution in [2.24, 2.45) is 0 Å². The highest BCUT2D eigenvalue weighted by Crippen LogP contribution is 2.17. The van der Waals surface area contributed by atoms with Crippen LogP contribution in [0.15, 0.2) is 0 Å². The molecule has 0 saturated carbocycles. The fourth-order valence-electron chi connectivity index (χ4n) is 3.07. The van der Waals surface area contributed by atoms with Crippen LogP contribution >= 0.6 is 0 Å². The molecule has 21 heavy (non-hydrogen) atoms. The summed E-state index contributed by atoms with van der Waals surface area (Å²) in [6.45, 7) is 6.27. The van der Waals surface area contributed by atoms with Crippen LogP contribution in [0.25, 0.3) is 0 Å². The van der Waals surface area contributed by atoms with E-state index in [4.69, 9.17) is 4.74 Å². The number of aryl methyl sites for hydroxylation is 1. The van der Waals surface area contributed by atoms with Crippen molar-refractivity contribution in [2.45, 2.75) is 45.3 Å². The predicted molar refractivity (Wildman–Crippen MR) is 76.7 cm³/mol. The lowest BCUT2D eigenvalue weighted by molar-refractivity contribution is -0.150. The molecular formula is C14H23N5O2. The van der Waals surface area contributed by atoms with Crippen LogP contribution in [0.4, 0.5) is 0 Å². The van der Waals surface area contributed by atoms with Gasteiger partial charge in [0, 0.05) is 32.6 Å². The van der Waals surface area contributed by atoms with Crippen molar-refractivity contribution >= 4 is 5.97 Å². The summed E-state index contributed by atoms with van der Waals surface area (Å²) < 4.78 is 7.40. The van der Waals surface area contributed by atoms with Crippen LogP contribution in [0.2, 0.25) is 0 Å². The van der Waals surface area contributed by atoms with E-state index in [-0.39, 0.29) is 12.0 Å². The second-order valence-corrected chi connectivity index (χ2v) is 5.58. The van der Waals surface area contributed by atoms with Gasteiger partial charge in [0.25, 0.3) is 0 Å². The Kier molecular flexibility index (Phi) is 4.50. The molecule has 1 atom stereocenters. The number of carbonyl (C=O) groups excluding carboxylic acids is 1. The maximum atomic E-state index is 12.1. The molecule has 2 aliphatic heterocycles.